The van der Waals surface area contributed by atoms with E-state index in [1.807, 2.05) is 42.9 Å². The SMILES string of the molecule is Clc1ccc(C(CCCn2ccnc2)Sc2ccc(Cl)c(Cl)c2)cc1.O=[N+]([O-])O. The minimum atomic E-state index is -1.50. The summed E-state index contributed by atoms with van der Waals surface area (Å²) in [6.07, 6.45) is 7.73. The normalized spacial score (nSPS) is 11.4. The van der Waals surface area contributed by atoms with Crippen LogP contribution in [0.1, 0.15) is 23.7 Å². The van der Waals surface area contributed by atoms with Crippen LogP contribution in [0.2, 0.25) is 15.1 Å². The molecule has 10 heteroatoms. The van der Waals surface area contributed by atoms with E-state index in [4.69, 9.17) is 50.1 Å². The number of aromatic nitrogens is 2. The van der Waals surface area contributed by atoms with Crippen molar-refractivity contribution < 1.29 is 10.3 Å². The summed E-state index contributed by atoms with van der Waals surface area (Å²) in [6.45, 7) is 0.950. The van der Waals surface area contributed by atoms with Gasteiger partial charge >= 0.3 is 0 Å². The van der Waals surface area contributed by atoms with Crippen LogP contribution in [0.15, 0.2) is 66.1 Å². The van der Waals surface area contributed by atoms with Crippen LogP contribution in [0.3, 0.4) is 0 Å². The Balaban J connectivity index is 0.000000687. The lowest BCUT2D eigenvalue weighted by molar-refractivity contribution is -0.742. The van der Waals surface area contributed by atoms with Crippen molar-refractivity contribution in [2.45, 2.75) is 29.5 Å². The molecule has 6 nitrogen and oxygen atoms in total. The van der Waals surface area contributed by atoms with Crippen LogP contribution in [0.5, 0.6) is 0 Å². The molecule has 0 saturated carbocycles. The molecule has 0 saturated heterocycles. The molecule has 2 aromatic carbocycles. The molecule has 29 heavy (non-hydrogen) atoms. The van der Waals surface area contributed by atoms with Gasteiger partial charge < -0.3 is 9.77 Å². The topological polar surface area (TPSA) is 81.2 Å². The van der Waals surface area contributed by atoms with Gasteiger partial charge in [-0.2, -0.15) is 0 Å². The number of rotatable bonds is 7. The first-order valence-corrected chi connectivity index (χ1v) is 10.5. The Hall–Kier alpha value is -1.93. The van der Waals surface area contributed by atoms with Crippen LogP contribution in [0.25, 0.3) is 0 Å². The summed E-state index contributed by atoms with van der Waals surface area (Å²) in [6, 6.07) is 13.8. The van der Waals surface area contributed by atoms with Gasteiger partial charge in [0.15, 0.2) is 0 Å². The third-order valence-corrected chi connectivity index (χ3v) is 6.16. The number of hydrogen-bond acceptors (Lipinski definition) is 4. The molecule has 154 valence electrons. The van der Waals surface area contributed by atoms with E-state index < -0.39 is 5.09 Å². The number of nitrogens with zero attached hydrogens (tertiary/aromatic N) is 3. The number of hydrogen-bond donors (Lipinski definition) is 1. The lowest BCUT2D eigenvalue weighted by Gasteiger charge is -2.18. The highest BCUT2D eigenvalue weighted by Gasteiger charge is 2.14. The molecule has 3 rings (SSSR count). The van der Waals surface area contributed by atoms with Gasteiger partial charge in [0.25, 0.3) is 5.09 Å². The van der Waals surface area contributed by atoms with Gasteiger partial charge in [-0.3, -0.25) is 0 Å². The Morgan fingerprint density at radius 1 is 1.14 bits per heavy atom. The molecule has 0 spiro atoms. The molecule has 1 heterocycles. The predicted octanol–water partition coefficient (Wildman–Crippen LogP) is 6.81. The second kappa shape index (κ2) is 11.9. The minimum absolute atomic E-state index is 0.318. The molecule has 0 aliphatic carbocycles. The number of thioether (sulfide) groups is 1. The third kappa shape index (κ3) is 8.53. The predicted molar refractivity (Wildman–Crippen MR) is 117 cm³/mol. The van der Waals surface area contributed by atoms with Crippen molar-refractivity contribution in [1.82, 2.24) is 9.55 Å². The van der Waals surface area contributed by atoms with Crippen molar-refractivity contribution in [2.24, 2.45) is 0 Å². The molecule has 0 radical (unpaired) electrons. The zero-order valence-electron chi connectivity index (χ0n) is 15.1. The summed E-state index contributed by atoms with van der Waals surface area (Å²) in [7, 11) is 0. The first-order valence-electron chi connectivity index (χ1n) is 8.51. The lowest BCUT2D eigenvalue weighted by Crippen LogP contribution is -1.99. The fraction of sp³-hybridized carbons (Fsp3) is 0.211. The summed E-state index contributed by atoms with van der Waals surface area (Å²) < 4.78 is 2.10. The van der Waals surface area contributed by atoms with Gasteiger partial charge in [0.1, 0.15) is 0 Å². The largest absolute Gasteiger partial charge is 0.337 e. The van der Waals surface area contributed by atoms with E-state index in [-0.39, 0.29) is 0 Å². The smallest absolute Gasteiger partial charge is 0.291 e. The fourth-order valence-corrected chi connectivity index (χ4v) is 4.29. The van der Waals surface area contributed by atoms with Crippen molar-refractivity contribution in [1.29, 1.82) is 0 Å². The molecule has 0 fully saturated rings. The third-order valence-electron chi connectivity index (χ3n) is 3.85. The highest BCUT2D eigenvalue weighted by atomic mass is 35.5. The zero-order chi connectivity index (χ0) is 21.2. The average molecular weight is 475 g/mol. The van der Waals surface area contributed by atoms with E-state index in [2.05, 4.69) is 21.7 Å². The van der Waals surface area contributed by atoms with Gasteiger partial charge in [0.05, 0.1) is 16.4 Å². The van der Waals surface area contributed by atoms with Gasteiger partial charge in [-0.05, 0) is 48.7 Å². The molecule has 1 N–H and O–H groups in total. The Kier molecular flexibility index (Phi) is 9.60. The molecular weight excluding hydrogens is 457 g/mol. The molecule has 1 aromatic heterocycles. The number of imidazole rings is 1. The maximum Gasteiger partial charge on any atom is 0.291 e. The maximum atomic E-state index is 8.36. The van der Waals surface area contributed by atoms with Crippen molar-refractivity contribution >= 4 is 46.6 Å². The highest BCUT2D eigenvalue weighted by molar-refractivity contribution is 7.99. The van der Waals surface area contributed by atoms with E-state index in [0.717, 1.165) is 29.3 Å². The Labute approximate surface area is 187 Å². The summed E-state index contributed by atoms with van der Waals surface area (Å²) in [5.41, 5.74) is 1.26. The van der Waals surface area contributed by atoms with Gasteiger partial charge in [-0.25, -0.2) is 4.98 Å². The van der Waals surface area contributed by atoms with E-state index >= 15 is 0 Å². The number of benzene rings is 2. The molecule has 1 atom stereocenters. The van der Waals surface area contributed by atoms with Crippen molar-refractivity contribution in [3.05, 3.63) is 91.9 Å². The quantitative estimate of drug-likeness (QED) is 0.231. The summed E-state index contributed by atoms with van der Waals surface area (Å²) in [5, 5.41) is 15.9. The second-order valence-corrected chi connectivity index (χ2v) is 8.44. The minimum Gasteiger partial charge on any atom is -0.337 e. The monoisotopic (exact) mass is 473 g/mol. The van der Waals surface area contributed by atoms with E-state index in [0.29, 0.717) is 15.3 Å². The van der Waals surface area contributed by atoms with E-state index in [1.54, 1.807) is 18.0 Å². The first kappa shape index (κ1) is 23.3. The van der Waals surface area contributed by atoms with Crippen molar-refractivity contribution in [2.75, 3.05) is 0 Å². The molecule has 0 amide bonds. The lowest BCUT2D eigenvalue weighted by atomic mass is 10.1. The summed E-state index contributed by atoms with van der Waals surface area (Å²) in [4.78, 5) is 13.6. The van der Waals surface area contributed by atoms with Gasteiger partial charge in [0, 0.05) is 34.1 Å². The zero-order valence-corrected chi connectivity index (χ0v) is 18.2. The van der Waals surface area contributed by atoms with Crippen LogP contribution in [0.4, 0.5) is 0 Å². The van der Waals surface area contributed by atoms with Crippen LogP contribution < -0.4 is 0 Å². The first-order chi connectivity index (χ1) is 13.8. The van der Waals surface area contributed by atoms with Crippen LogP contribution in [0, 0.1) is 10.1 Å². The number of halogens is 3. The van der Waals surface area contributed by atoms with Crippen molar-refractivity contribution in [3.8, 4) is 0 Å². The molecule has 3 aromatic rings. The van der Waals surface area contributed by atoms with Gasteiger partial charge in [-0.15, -0.1) is 21.9 Å². The molecular formula is C19H18Cl3N3O3S. The van der Waals surface area contributed by atoms with E-state index in [9.17, 15) is 0 Å². The molecule has 0 bridgehead atoms. The fourth-order valence-electron chi connectivity index (χ4n) is 2.56. The maximum absolute atomic E-state index is 8.36. The highest BCUT2D eigenvalue weighted by Crippen LogP contribution is 2.40. The van der Waals surface area contributed by atoms with Gasteiger partial charge in [-0.1, -0.05) is 46.9 Å². The summed E-state index contributed by atoms with van der Waals surface area (Å²) >= 11 is 20.0. The standard InChI is InChI=1S/C19H17Cl3N2S.HNO3/c20-15-5-3-14(4-6-15)19(2-1-10-24-11-9-23-13-24)25-16-7-8-17(21)18(22)12-16;2-1(3)4/h3-9,11-13,19H,1-2,10H2;(H,2,3,4). The molecule has 0 aliphatic rings. The molecule has 0 aliphatic heterocycles. The Morgan fingerprint density at radius 2 is 1.83 bits per heavy atom. The van der Waals surface area contributed by atoms with Crippen molar-refractivity contribution in [3.63, 3.8) is 0 Å². The van der Waals surface area contributed by atoms with Crippen LogP contribution in [-0.2, 0) is 6.54 Å². The molecule has 1 unspecified atom stereocenters. The van der Waals surface area contributed by atoms with Crippen LogP contribution >= 0.6 is 46.6 Å². The summed E-state index contributed by atoms with van der Waals surface area (Å²) in [5.74, 6) is 0. The van der Waals surface area contributed by atoms with E-state index in [1.165, 1.54) is 5.56 Å². The Bertz CT molecular complexity index is 905. The second-order valence-electron chi connectivity index (χ2n) is 5.91. The number of aryl methyl sites for hydroxylation is 1. The average Bonchev–Trinajstić information content (AvgIpc) is 3.18. The Morgan fingerprint density at radius 3 is 2.41 bits per heavy atom. The van der Waals surface area contributed by atoms with Gasteiger partial charge in [0.2, 0.25) is 0 Å². The van der Waals surface area contributed by atoms with Crippen LogP contribution in [-0.4, -0.2) is 19.8 Å².